The zero-order valence-corrected chi connectivity index (χ0v) is 11.2. The fourth-order valence-corrected chi connectivity index (χ4v) is 2.37. The van der Waals surface area contributed by atoms with Gasteiger partial charge in [-0.3, -0.25) is 4.98 Å². The first kappa shape index (κ1) is 13.2. The normalized spacial score (nSPS) is 15.8. The van der Waals surface area contributed by atoms with Crippen molar-refractivity contribution in [2.75, 3.05) is 18.5 Å². The predicted octanol–water partition coefficient (Wildman–Crippen LogP) is 2.09. The van der Waals surface area contributed by atoms with Crippen molar-refractivity contribution in [2.24, 2.45) is 5.73 Å². The van der Waals surface area contributed by atoms with Crippen LogP contribution in [0.3, 0.4) is 0 Å². The van der Waals surface area contributed by atoms with Crippen molar-refractivity contribution in [3.8, 4) is 0 Å². The number of aromatic nitrogens is 1. The number of pyridine rings is 1. The van der Waals surface area contributed by atoms with E-state index in [4.69, 9.17) is 22.7 Å². The molecule has 1 aliphatic carbocycles. The number of nitrogens with one attached hydrogen (secondary N) is 1. The smallest absolute Gasteiger partial charge is 0.124 e. The summed E-state index contributed by atoms with van der Waals surface area (Å²) in [5, 5.41) is 3.26. The highest BCUT2D eigenvalue weighted by atomic mass is 32.1. The van der Waals surface area contributed by atoms with Gasteiger partial charge in [0.05, 0.1) is 18.4 Å². The Bertz CT molecular complexity index is 405. The van der Waals surface area contributed by atoms with Crippen molar-refractivity contribution in [2.45, 2.75) is 31.8 Å². The number of hydrogen-bond acceptors (Lipinski definition) is 4. The molecule has 0 unspecified atom stereocenters. The van der Waals surface area contributed by atoms with E-state index in [1.54, 1.807) is 6.20 Å². The first-order chi connectivity index (χ1) is 8.77. The summed E-state index contributed by atoms with van der Waals surface area (Å²) in [6.45, 7) is 1.45. The molecule has 0 amide bonds. The minimum Gasteiger partial charge on any atom is -0.388 e. The van der Waals surface area contributed by atoms with Gasteiger partial charge in [-0.25, -0.2) is 0 Å². The zero-order chi connectivity index (χ0) is 12.8. The number of rotatable bonds is 6. The third kappa shape index (κ3) is 3.65. The van der Waals surface area contributed by atoms with Gasteiger partial charge in [-0.1, -0.05) is 25.1 Å². The Hall–Kier alpha value is -1.20. The van der Waals surface area contributed by atoms with Gasteiger partial charge in [-0.05, 0) is 25.0 Å². The summed E-state index contributed by atoms with van der Waals surface area (Å²) < 4.78 is 5.78. The number of ether oxygens (including phenoxy) is 1. The van der Waals surface area contributed by atoms with Crippen molar-refractivity contribution < 1.29 is 4.74 Å². The molecule has 1 aromatic heterocycles. The molecule has 18 heavy (non-hydrogen) atoms. The summed E-state index contributed by atoms with van der Waals surface area (Å²) in [5.41, 5.74) is 7.14. The fraction of sp³-hybridized carbons (Fsp3) is 0.538. The van der Waals surface area contributed by atoms with Crippen LogP contribution < -0.4 is 11.1 Å². The molecule has 0 spiro atoms. The molecule has 1 fully saturated rings. The molecule has 5 heteroatoms. The van der Waals surface area contributed by atoms with Gasteiger partial charge in [-0.2, -0.15) is 0 Å². The average Bonchev–Trinajstić information content (AvgIpc) is 2.88. The highest BCUT2D eigenvalue weighted by Crippen LogP contribution is 2.20. The van der Waals surface area contributed by atoms with Crippen LogP contribution in [-0.4, -0.2) is 29.2 Å². The highest BCUT2D eigenvalue weighted by Gasteiger charge is 2.14. The van der Waals surface area contributed by atoms with Crippen LogP contribution in [0.25, 0.3) is 0 Å². The Kier molecular flexibility index (Phi) is 4.90. The number of nitrogens with zero attached hydrogens (tertiary/aromatic N) is 1. The molecule has 4 nitrogen and oxygen atoms in total. The Morgan fingerprint density at radius 1 is 1.50 bits per heavy atom. The summed E-state index contributed by atoms with van der Waals surface area (Å²) in [6.07, 6.45) is 7.14. The van der Waals surface area contributed by atoms with Gasteiger partial charge in [0.15, 0.2) is 0 Å². The van der Waals surface area contributed by atoms with E-state index in [0.29, 0.717) is 23.4 Å². The maximum atomic E-state index is 5.78. The van der Waals surface area contributed by atoms with E-state index in [1.165, 1.54) is 25.7 Å². The van der Waals surface area contributed by atoms with Crippen molar-refractivity contribution in [1.29, 1.82) is 0 Å². The first-order valence-electron chi connectivity index (χ1n) is 6.37. The molecule has 0 aliphatic heterocycles. The summed E-state index contributed by atoms with van der Waals surface area (Å²) >= 11 is 4.96. The summed E-state index contributed by atoms with van der Waals surface area (Å²) in [6, 6.07) is 3.79. The van der Waals surface area contributed by atoms with Gasteiger partial charge in [-0.15, -0.1) is 0 Å². The van der Waals surface area contributed by atoms with Crippen LogP contribution in [-0.2, 0) is 4.74 Å². The molecule has 98 valence electrons. The molecule has 3 N–H and O–H groups in total. The lowest BCUT2D eigenvalue weighted by Gasteiger charge is -2.13. The van der Waals surface area contributed by atoms with E-state index in [1.807, 2.05) is 12.1 Å². The van der Waals surface area contributed by atoms with Gasteiger partial charge in [0.1, 0.15) is 10.7 Å². The number of nitrogens with two attached hydrogens (primary N) is 1. The minimum atomic E-state index is 0.315. The van der Waals surface area contributed by atoms with Crippen LogP contribution in [0.15, 0.2) is 18.3 Å². The van der Waals surface area contributed by atoms with Crippen LogP contribution in [0.2, 0.25) is 0 Å². The van der Waals surface area contributed by atoms with Crippen LogP contribution in [0.1, 0.15) is 31.4 Å². The second-order valence-electron chi connectivity index (χ2n) is 4.47. The quantitative estimate of drug-likeness (QED) is 0.609. The lowest BCUT2D eigenvalue weighted by atomic mass is 10.3. The van der Waals surface area contributed by atoms with Crippen molar-refractivity contribution in [1.82, 2.24) is 4.98 Å². The SMILES string of the molecule is NC(=S)c1ncccc1NCCOC1CCCC1. The topological polar surface area (TPSA) is 60.2 Å². The van der Waals surface area contributed by atoms with Gasteiger partial charge in [0.2, 0.25) is 0 Å². The highest BCUT2D eigenvalue weighted by molar-refractivity contribution is 7.80. The molecule has 0 atom stereocenters. The van der Waals surface area contributed by atoms with E-state index in [-0.39, 0.29) is 0 Å². The predicted molar refractivity (Wildman–Crippen MR) is 76.8 cm³/mol. The third-order valence-corrected chi connectivity index (χ3v) is 3.31. The molecular formula is C13H19N3OS. The summed E-state index contributed by atoms with van der Waals surface area (Å²) in [4.78, 5) is 4.48. The fourth-order valence-electron chi connectivity index (χ4n) is 2.21. The summed E-state index contributed by atoms with van der Waals surface area (Å²) in [7, 11) is 0. The number of hydrogen-bond donors (Lipinski definition) is 2. The molecule has 1 heterocycles. The lowest BCUT2D eigenvalue weighted by molar-refractivity contribution is 0.0659. The first-order valence-corrected chi connectivity index (χ1v) is 6.78. The third-order valence-electron chi connectivity index (χ3n) is 3.11. The van der Waals surface area contributed by atoms with Crippen molar-refractivity contribution in [3.63, 3.8) is 0 Å². The standard InChI is InChI=1S/C13H19N3OS/c14-13(18)12-11(6-3-7-16-12)15-8-9-17-10-4-1-2-5-10/h3,6-7,10,15H,1-2,4-5,8-9H2,(H2,14,18). The van der Waals surface area contributed by atoms with Gasteiger partial charge in [0, 0.05) is 12.7 Å². The Morgan fingerprint density at radius 3 is 3.00 bits per heavy atom. The van der Waals surface area contributed by atoms with Crippen molar-refractivity contribution in [3.05, 3.63) is 24.0 Å². The van der Waals surface area contributed by atoms with E-state index in [9.17, 15) is 0 Å². The lowest BCUT2D eigenvalue weighted by Crippen LogP contribution is -2.19. The second-order valence-corrected chi connectivity index (χ2v) is 4.91. The number of anilines is 1. The maximum Gasteiger partial charge on any atom is 0.124 e. The Morgan fingerprint density at radius 2 is 2.28 bits per heavy atom. The van der Waals surface area contributed by atoms with E-state index in [2.05, 4.69) is 10.3 Å². The molecular weight excluding hydrogens is 246 g/mol. The van der Waals surface area contributed by atoms with E-state index in [0.717, 1.165) is 12.2 Å². The van der Waals surface area contributed by atoms with Crippen LogP contribution >= 0.6 is 12.2 Å². The molecule has 1 aliphatic rings. The maximum absolute atomic E-state index is 5.78. The van der Waals surface area contributed by atoms with Crippen LogP contribution in [0, 0.1) is 0 Å². The van der Waals surface area contributed by atoms with Crippen molar-refractivity contribution >= 4 is 22.9 Å². The minimum absolute atomic E-state index is 0.315. The molecule has 1 aromatic rings. The second kappa shape index (κ2) is 6.66. The molecule has 0 radical (unpaired) electrons. The van der Waals surface area contributed by atoms with E-state index >= 15 is 0 Å². The summed E-state index contributed by atoms with van der Waals surface area (Å²) in [5.74, 6) is 0. The molecule has 0 saturated heterocycles. The van der Waals surface area contributed by atoms with Crippen LogP contribution in [0.5, 0.6) is 0 Å². The largest absolute Gasteiger partial charge is 0.388 e. The van der Waals surface area contributed by atoms with Crippen LogP contribution in [0.4, 0.5) is 5.69 Å². The Labute approximate surface area is 113 Å². The van der Waals surface area contributed by atoms with Gasteiger partial charge in [0.25, 0.3) is 0 Å². The monoisotopic (exact) mass is 265 g/mol. The number of thiocarbonyl (C=S) groups is 1. The zero-order valence-electron chi connectivity index (χ0n) is 10.4. The van der Waals surface area contributed by atoms with E-state index < -0.39 is 0 Å². The average molecular weight is 265 g/mol. The molecule has 0 bridgehead atoms. The Balaban J connectivity index is 1.77. The van der Waals surface area contributed by atoms with Gasteiger partial charge >= 0.3 is 0 Å². The van der Waals surface area contributed by atoms with Gasteiger partial charge < -0.3 is 15.8 Å². The molecule has 0 aromatic carbocycles. The molecule has 1 saturated carbocycles. The molecule has 2 rings (SSSR count).